The Morgan fingerprint density at radius 1 is 1.21 bits per heavy atom. The predicted octanol–water partition coefficient (Wildman–Crippen LogP) is 2.25. The predicted molar refractivity (Wildman–Crippen MR) is 62.6 cm³/mol. The van der Waals surface area contributed by atoms with E-state index in [1.807, 2.05) is 0 Å². The van der Waals surface area contributed by atoms with Gasteiger partial charge in [-0.05, 0) is 39.9 Å². The van der Waals surface area contributed by atoms with Crippen LogP contribution in [0.2, 0.25) is 0 Å². The van der Waals surface area contributed by atoms with Gasteiger partial charge in [0.2, 0.25) is 0 Å². The van der Waals surface area contributed by atoms with E-state index in [9.17, 15) is 0 Å². The summed E-state index contributed by atoms with van der Waals surface area (Å²) in [6, 6.07) is 1.48. The number of nitrogens with one attached hydrogen (secondary N) is 1. The number of hydrogen-bond acceptors (Lipinski definition) is 2. The van der Waals surface area contributed by atoms with E-state index in [4.69, 9.17) is 0 Å². The first-order valence-corrected chi connectivity index (χ1v) is 6.17. The molecule has 0 aromatic rings. The summed E-state index contributed by atoms with van der Waals surface area (Å²) in [5.41, 5.74) is 0. The lowest BCUT2D eigenvalue weighted by molar-refractivity contribution is 0.186. The molecule has 1 aliphatic rings. The third-order valence-corrected chi connectivity index (χ3v) is 3.49. The highest BCUT2D eigenvalue weighted by Crippen LogP contribution is 2.21. The van der Waals surface area contributed by atoms with Crippen LogP contribution in [0.3, 0.4) is 0 Å². The van der Waals surface area contributed by atoms with Crippen molar-refractivity contribution < 1.29 is 0 Å². The van der Waals surface area contributed by atoms with E-state index in [0.717, 1.165) is 6.04 Å². The highest BCUT2D eigenvalue weighted by molar-refractivity contribution is 4.84. The fourth-order valence-corrected chi connectivity index (χ4v) is 2.67. The maximum atomic E-state index is 3.49. The summed E-state index contributed by atoms with van der Waals surface area (Å²) in [6.45, 7) is 3.50. The summed E-state index contributed by atoms with van der Waals surface area (Å²) >= 11 is 0. The molecular weight excluding hydrogens is 172 g/mol. The molecule has 2 atom stereocenters. The second-order valence-electron chi connectivity index (χ2n) is 4.58. The molecule has 0 bridgehead atoms. The topological polar surface area (TPSA) is 15.3 Å². The molecule has 1 fully saturated rings. The van der Waals surface area contributed by atoms with Crippen molar-refractivity contribution >= 4 is 0 Å². The number of hydrogen-bond donors (Lipinski definition) is 1. The van der Waals surface area contributed by atoms with Gasteiger partial charge in [-0.25, -0.2) is 0 Å². The normalized spacial score (nSPS) is 29.1. The van der Waals surface area contributed by atoms with Gasteiger partial charge in [-0.2, -0.15) is 0 Å². The van der Waals surface area contributed by atoms with Gasteiger partial charge >= 0.3 is 0 Å². The van der Waals surface area contributed by atoms with Crippen molar-refractivity contribution in [2.24, 2.45) is 0 Å². The molecule has 0 aliphatic heterocycles. The molecule has 0 spiro atoms. The zero-order valence-corrected chi connectivity index (χ0v) is 10.1. The van der Waals surface area contributed by atoms with Crippen molar-refractivity contribution in [3.05, 3.63) is 0 Å². The summed E-state index contributed by atoms with van der Waals surface area (Å²) in [5.74, 6) is 0. The number of likely N-dealkylation sites (N-methyl/N-ethyl adjacent to an activating group) is 2. The van der Waals surface area contributed by atoms with Crippen molar-refractivity contribution in [3.8, 4) is 0 Å². The monoisotopic (exact) mass is 198 g/mol. The van der Waals surface area contributed by atoms with Crippen LogP contribution >= 0.6 is 0 Å². The first-order chi connectivity index (χ1) is 6.79. The molecule has 2 unspecified atom stereocenters. The van der Waals surface area contributed by atoms with Gasteiger partial charge in [-0.15, -0.1) is 0 Å². The highest BCUT2D eigenvalue weighted by Gasteiger charge is 2.24. The standard InChI is InChI=1S/C12H26N2/c1-4-10-14(3)12-9-7-5-6-8-11(12)13-2/h11-13H,4-10H2,1-3H3. The van der Waals surface area contributed by atoms with Gasteiger partial charge in [0.15, 0.2) is 0 Å². The minimum Gasteiger partial charge on any atom is -0.315 e. The summed E-state index contributed by atoms with van der Waals surface area (Å²) in [6.07, 6.45) is 8.24. The molecule has 2 nitrogen and oxygen atoms in total. The largest absolute Gasteiger partial charge is 0.315 e. The maximum Gasteiger partial charge on any atom is 0.0246 e. The molecule has 84 valence electrons. The molecule has 1 N–H and O–H groups in total. The maximum absolute atomic E-state index is 3.49. The quantitative estimate of drug-likeness (QED) is 0.697. The van der Waals surface area contributed by atoms with Gasteiger partial charge in [-0.1, -0.05) is 26.2 Å². The van der Waals surface area contributed by atoms with E-state index < -0.39 is 0 Å². The van der Waals surface area contributed by atoms with Crippen LogP contribution in [0, 0.1) is 0 Å². The van der Waals surface area contributed by atoms with Crippen LogP contribution < -0.4 is 5.32 Å². The Bertz CT molecular complexity index is 147. The van der Waals surface area contributed by atoms with E-state index >= 15 is 0 Å². The van der Waals surface area contributed by atoms with Gasteiger partial charge in [-0.3, -0.25) is 0 Å². The van der Waals surface area contributed by atoms with Crippen molar-refractivity contribution in [3.63, 3.8) is 0 Å². The fraction of sp³-hybridized carbons (Fsp3) is 1.00. The van der Waals surface area contributed by atoms with Crippen molar-refractivity contribution in [2.45, 2.75) is 57.5 Å². The van der Waals surface area contributed by atoms with E-state index in [2.05, 4.69) is 31.2 Å². The van der Waals surface area contributed by atoms with Crippen molar-refractivity contribution in [1.29, 1.82) is 0 Å². The second kappa shape index (κ2) is 6.41. The Labute approximate surface area is 89.1 Å². The van der Waals surface area contributed by atoms with Crippen molar-refractivity contribution in [2.75, 3.05) is 20.6 Å². The summed E-state index contributed by atoms with van der Waals surface area (Å²) < 4.78 is 0. The summed E-state index contributed by atoms with van der Waals surface area (Å²) in [5, 5.41) is 3.49. The van der Waals surface area contributed by atoms with Crippen molar-refractivity contribution in [1.82, 2.24) is 10.2 Å². The Kier molecular flexibility index (Phi) is 5.49. The lowest BCUT2D eigenvalue weighted by Crippen LogP contribution is -2.47. The first kappa shape index (κ1) is 12.0. The fourth-order valence-electron chi connectivity index (χ4n) is 2.67. The summed E-state index contributed by atoms with van der Waals surface area (Å²) in [4.78, 5) is 2.55. The minimum atomic E-state index is 0.717. The number of rotatable bonds is 4. The average molecular weight is 198 g/mol. The van der Waals surface area contributed by atoms with E-state index in [0.29, 0.717) is 6.04 Å². The third kappa shape index (κ3) is 3.25. The molecule has 2 heteroatoms. The second-order valence-corrected chi connectivity index (χ2v) is 4.58. The minimum absolute atomic E-state index is 0.717. The molecule has 1 saturated carbocycles. The average Bonchev–Trinajstić information content (AvgIpc) is 2.42. The van der Waals surface area contributed by atoms with Crippen LogP contribution in [0.1, 0.15) is 45.4 Å². The van der Waals surface area contributed by atoms with Gasteiger partial charge in [0.1, 0.15) is 0 Å². The molecule has 0 amide bonds. The Balaban J connectivity index is 2.50. The third-order valence-electron chi connectivity index (χ3n) is 3.49. The van der Waals surface area contributed by atoms with Crippen LogP contribution in [0.5, 0.6) is 0 Å². The Hall–Kier alpha value is -0.0800. The Morgan fingerprint density at radius 2 is 1.93 bits per heavy atom. The van der Waals surface area contributed by atoms with Gasteiger partial charge in [0, 0.05) is 12.1 Å². The lowest BCUT2D eigenvalue weighted by Gasteiger charge is -2.33. The summed E-state index contributed by atoms with van der Waals surface area (Å²) in [7, 11) is 4.40. The number of nitrogens with zero attached hydrogens (tertiary/aromatic N) is 1. The molecule has 1 rings (SSSR count). The molecule has 14 heavy (non-hydrogen) atoms. The van der Waals surface area contributed by atoms with Gasteiger partial charge < -0.3 is 10.2 Å². The molecule has 0 heterocycles. The van der Waals surface area contributed by atoms with Crippen LogP contribution in [-0.4, -0.2) is 37.6 Å². The molecule has 1 aliphatic carbocycles. The zero-order valence-electron chi connectivity index (χ0n) is 10.1. The molecule has 0 aromatic carbocycles. The van der Waals surface area contributed by atoms with Crippen LogP contribution in [0.25, 0.3) is 0 Å². The first-order valence-electron chi connectivity index (χ1n) is 6.17. The van der Waals surface area contributed by atoms with E-state index in [1.54, 1.807) is 0 Å². The molecule has 0 radical (unpaired) electrons. The van der Waals surface area contributed by atoms with E-state index in [-0.39, 0.29) is 0 Å². The SMILES string of the molecule is CCCN(C)C1CCCCCC1NC. The molecule has 0 saturated heterocycles. The van der Waals surface area contributed by atoms with Crippen LogP contribution in [0.15, 0.2) is 0 Å². The zero-order chi connectivity index (χ0) is 10.4. The highest BCUT2D eigenvalue weighted by atomic mass is 15.2. The van der Waals surface area contributed by atoms with Gasteiger partial charge in [0.25, 0.3) is 0 Å². The lowest BCUT2D eigenvalue weighted by atomic mass is 10.0. The molecule has 0 aromatic heterocycles. The smallest absolute Gasteiger partial charge is 0.0246 e. The molecular formula is C12H26N2. The van der Waals surface area contributed by atoms with E-state index in [1.165, 1.54) is 45.1 Å². The van der Waals surface area contributed by atoms with Crippen LogP contribution in [-0.2, 0) is 0 Å². The van der Waals surface area contributed by atoms with Crippen LogP contribution in [0.4, 0.5) is 0 Å². The Morgan fingerprint density at radius 3 is 2.57 bits per heavy atom. The van der Waals surface area contributed by atoms with Gasteiger partial charge in [0.05, 0.1) is 0 Å².